The van der Waals surface area contributed by atoms with Gasteiger partial charge < -0.3 is 14.8 Å². The highest BCUT2D eigenvalue weighted by Gasteiger charge is 2.35. The van der Waals surface area contributed by atoms with Crippen LogP contribution in [0.4, 0.5) is 0 Å². The minimum absolute atomic E-state index is 0.0730. The second-order valence-electron chi connectivity index (χ2n) is 5.31. The van der Waals surface area contributed by atoms with E-state index in [0.717, 1.165) is 31.4 Å². The smallest absolute Gasteiger partial charge is 0.237 e. The summed E-state index contributed by atoms with van der Waals surface area (Å²) in [6, 6.07) is 3.30. The molecule has 0 bridgehead atoms. The lowest BCUT2D eigenvalue weighted by Gasteiger charge is -2.31. The highest BCUT2D eigenvalue weighted by Crippen LogP contribution is 2.29. The Morgan fingerprint density at radius 1 is 1.53 bits per heavy atom. The van der Waals surface area contributed by atoms with E-state index >= 15 is 0 Å². The molecule has 1 atom stereocenters. The quantitative estimate of drug-likeness (QED) is 0.723. The van der Waals surface area contributed by atoms with E-state index in [9.17, 15) is 9.90 Å². The number of hydrogen-bond donors (Lipinski definition) is 3. The van der Waals surface area contributed by atoms with Crippen molar-refractivity contribution < 1.29 is 14.3 Å². The number of aliphatic hydroxyl groups is 1. The van der Waals surface area contributed by atoms with Crippen LogP contribution in [0.1, 0.15) is 38.4 Å². The molecule has 0 saturated heterocycles. The van der Waals surface area contributed by atoms with Gasteiger partial charge in [0, 0.05) is 5.54 Å². The molecule has 1 aromatic rings. The summed E-state index contributed by atoms with van der Waals surface area (Å²) in [5.74, 6) is 0.661. The van der Waals surface area contributed by atoms with E-state index in [1.807, 2.05) is 13.0 Å². The zero-order valence-corrected chi connectivity index (χ0v) is 11.3. The first kappa shape index (κ1) is 14.1. The molecule has 0 spiro atoms. The van der Waals surface area contributed by atoms with E-state index in [1.165, 1.54) is 0 Å². The molecule has 1 aliphatic rings. The minimum atomic E-state index is -0.319. The standard InChI is InChI=1S/C14H22N2O3/c1-11(16-14(10-17)6-2-3-7-14)13(18)15-9-12-5-4-8-19-12/h4-5,8,11,16-17H,2-3,6-7,9-10H2,1H3,(H,15,18). The van der Waals surface area contributed by atoms with E-state index in [0.29, 0.717) is 6.54 Å². The molecule has 106 valence electrons. The van der Waals surface area contributed by atoms with Gasteiger partial charge in [0.2, 0.25) is 5.91 Å². The minimum Gasteiger partial charge on any atom is -0.467 e. The van der Waals surface area contributed by atoms with Gasteiger partial charge in [-0.2, -0.15) is 0 Å². The Bertz CT molecular complexity index is 397. The fourth-order valence-corrected chi connectivity index (χ4v) is 2.67. The van der Waals surface area contributed by atoms with Gasteiger partial charge in [-0.25, -0.2) is 0 Å². The molecule has 1 unspecified atom stereocenters. The van der Waals surface area contributed by atoms with Crippen molar-refractivity contribution in [3.05, 3.63) is 24.2 Å². The zero-order chi connectivity index (χ0) is 13.7. The first-order valence-electron chi connectivity index (χ1n) is 6.84. The Morgan fingerprint density at radius 2 is 2.26 bits per heavy atom. The third-order valence-corrected chi connectivity index (χ3v) is 3.80. The number of amides is 1. The van der Waals surface area contributed by atoms with Crippen LogP contribution in [0.3, 0.4) is 0 Å². The Balaban J connectivity index is 1.81. The fraction of sp³-hybridized carbons (Fsp3) is 0.643. The monoisotopic (exact) mass is 266 g/mol. The molecule has 19 heavy (non-hydrogen) atoms. The normalized spacial score (nSPS) is 19.3. The highest BCUT2D eigenvalue weighted by atomic mass is 16.3. The predicted octanol–water partition coefficient (Wildman–Crippen LogP) is 1.18. The SMILES string of the molecule is CC(NC1(CO)CCCC1)C(=O)NCc1ccco1. The maximum atomic E-state index is 12.0. The first-order valence-corrected chi connectivity index (χ1v) is 6.84. The van der Waals surface area contributed by atoms with Crippen molar-refractivity contribution in [1.29, 1.82) is 0 Å². The van der Waals surface area contributed by atoms with Gasteiger partial charge in [-0.3, -0.25) is 10.1 Å². The number of hydrogen-bond acceptors (Lipinski definition) is 4. The van der Waals surface area contributed by atoms with E-state index in [4.69, 9.17) is 4.42 Å². The molecule has 5 heteroatoms. The van der Waals surface area contributed by atoms with Gasteiger partial charge in [0.15, 0.2) is 0 Å². The van der Waals surface area contributed by atoms with E-state index in [1.54, 1.807) is 12.3 Å². The lowest BCUT2D eigenvalue weighted by atomic mass is 9.97. The van der Waals surface area contributed by atoms with Crippen LogP contribution in [0.15, 0.2) is 22.8 Å². The number of carbonyl (C=O) groups is 1. The van der Waals surface area contributed by atoms with Crippen LogP contribution in [0.5, 0.6) is 0 Å². The summed E-state index contributed by atoms with van der Waals surface area (Å²) < 4.78 is 5.16. The van der Waals surface area contributed by atoms with Crippen LogP contribution in [0.2, 0.25) is 0 Å². The summed E-state index contributed by atoms with van der Waals surface area (Å²) in [5.41, 5.74) is -0.276. The van der Waals surface area contributed by atoms with E-state index in [-0.39, 0.29) is 24.1 Å². The molecule has 2 rings (SSSR count). The van der Waals surface area contributed by atoms with Gasteiger partial charge >= 0.3 is 0 Å². The van der Waals surface area contributed by atoms with Crippen molar-refractivity contribution in [2.75, 3.05) is 6.61 Å². The second-order valence-corrected chi connectivity index (χ2v) is 5.31. The summed E-state index contributed by atoms with van der Waals surface area (Å²) in [6.45, 7) is 2.31. The summed E-state index contributed by atoms with van der Waals surface area (Å²) >= 11 is 0. The van der Waals surface area contributed by atoms with Crippen LogP contribution in [-0.4, -0.2) is 29.2 Å². The molecule has 1 aliphatic carbocycles. The molecule has 1 fully saturated rings. The van der Waals surface area contributed by atoms with E-state index < -0.39 is 0 Å². The van der Waals surface area contributed by atoms with Crippen molar-refractivity contribution in [2.24, 2.45) is 0 Å². The molecule has 1 saturated carbocycles. The van der Waals surface area contributed by atoms with Crippen LogP contribution in [0.25, 0.3) is 0 Å². The number of furan rings is 1. The van der Waals surface area contributed by atoms with Crippen LogP contribution in [0, 0.1) is 0 Å². The molecule has 1 aromatic heterocycles. The Kier molecular flexibility index (Phi) is 4.61. The maximum Gasteiger partial charge on any atom is 0.237 e. The summed E-state index contributed by atoms with van der Waals surface area (Å²) in [6.07, 6.45) is 5.66. The van der Waals surface area contributed by atoms with Gasteiger partial charge in [-0.05, 0) is 31.9 Å². The van der Waals surface area contributed by atoms with Gasteiger partial charge in [-0.15, -0.1) is 0 Å². The number of carbonyl (C=O) groups excluding carboxylic acids is 1. The molecule has 1 heterocycles. The molecular weight excluding hydrogens is 244 g/mol. The van der Waals surface area contributed by atoms with Crippen LogP contribution in [-0.2, 0) is 11.3 Å². The molecule has 3 N–H and O–H groups in total. The molecule has 5 nitrogen and oxygen atoms in total. The fourth-order valence-electron chi connectivity index (χ4n) is 2.67. The van der Waals surface area contributed by atoms with Crippen molar-refractivity contribution >= 4 is 5.91 Å². The second kappa shape index (κ2) is 6.21. The molecule has 1 amide bonds. The third kappa shape index (κ3) is 3.58. The topological polar surface area (TPSA) is 74.5 Å². The average Bonchev–Trinajstić information content (AvgIpc) is 3.07. The van der Waals surface area contributed by atoms with Gasteiger partial charge in [0.25, 0.3) is 0 Å². The predicted molar refractivity (Wildman–Crippen MR) is 71.4 cm³/mol. The van der Waals surface area contributed by atoms with Crippen molar-refractivity contribution in [1.82, 2.24) is 10.6 Å². The van der Waals surface area contributed by atoms with Crippen molar-refractivity contribution in [3.63, 3.8) is 0 Å². The third-order valence-electron chi connectivity index (χ3n) is 3.80. The first-order chi connectivity index (χ1) is 9.15. The number of aliphatic hydroxyl groups excluding tert-OH is 1. The zero-order valence-electron chi connectivity index (χ0n) is 11.3. The largest absolute Gasteiger partial charge is 0.467 e. The number of rotatable bonds is 6. The highest BCUT2D eigenvalue weighted by molar-refractivity contribution is 5.81. The Morgan fingerprint density at radius 3 is 2.84 bits per heavy atom. The Hall–Kier alpha value is -1.33. The maximum absolute atomic E-state index is 12.0. The van der Waals surface area contributed by atoms with Crippen molar-refractivity contribution in [3.8, 4) is 0 Å². The molecule has 0 aromatic carbocycles. The Labute approximate surface area is 113 Å². The van der Waals surface area contributed by atoms with E-state index in [2.05, 4.69) is 10.6 Å². The van der Waals surface area contributed by atoms with Crippen LogP contribution >= 0.6 is 0 Å². The summed E-state index contributed by atoms with van der Waals surface area (Å²) in [4.78, 5) is 12.0. The molecular formula is C14H22N2O3. The van der Waals surface area contributed by atoms with Crippen molar-refractivity contribution in [2.45, 2.75) is 50.7 Å². The molecule has 0 aliphatic heterocycles. The number of nitrogens with one attached hydrogen (secondary N) is 2. The average molecular weight is 266 g/mol. The van der Waals surface area contributed by atoms with Gasteiger partial charge in [0.1, 0.15) is 5.76 Å². The summed E-state index contributed by atoms with van der Waals surface area (Å²) in [5, 5.41) is 15.6. The van der Waals surface area contributed by atoms with Gasteiger partial charge in [0.05, 0.1) is 25.5 Å². The molecule has 0 radical (unpaired) electrons. The summed E-state index contributed by atoms with van der Waals surface area (Å²) in [7, 11) is 0. The lowest BCUT2D eigenvalue weighted by Crippen LogP contribution is -2.55. The van der Waals surface area contributed by atoms with Crippen LogP contribution < -0.4 is 10.6 Å². The lowest BCUT2D eigenvalue weighted by molar-refractivity contribution is -0.123. The van der Waals surface area contributed by atoms with Gasteiger partial charge in [-0.1, -0.05) is 12.8 Å².